The summed E-state index contributed by atoms with van der Waals surface area (Å²) in [7, 11) is -3.85. The summed E-state index contributed by atoms with van der Waals surface area (Å²) in [6.45, 7) is 0. The Morgan fingerprint density at radius 1 is 1.05 bits per heavy atom. The summed E-state index contributed by atoms with van der Waals surface area (Å²) in [5, 5.41) is 8.19. The van der Waals surface area contributed by atoms with Crippen LogP contribution < -0.4 is 16.2 Å². The van der Waals surface area contributed by atoms with Crippen molar-refractivity contribution in [2.24, 2.45) is 5.14 Å². The van der Waals surface area contributed by atoms with Gasteiger partial charge in [-0.2, -0.15) is 0 Å². The Kier molecular flexibility index (Phi) is 4.38. The Morgan fingerprint density at radius 3 is 2.35 bits per heavy atom. The van der Waals surface area contributed by atoms with Gasteiger partial charge in [-0.05, 0) is 46.3 Å². The van der Waals surface area contributed by atoms with Gasteiger partial charge in [0.2, 0.25) is 10.0 Å². The molecule has 0 unspecified atom stereocenters. The Morgan fingerprint density at radius 2 is 1.75 bits per heavy atom. The van der Waals surface area contributed by atoms with E-state index in [2.05, 4.69) is 37.2 Å². The third-order valence-electron chi connectivity index (χ3n) is 2.57. The first-order chi connectivity index (χ1) is 9.29. The molecule has 5 N–H and O–H groups in total. The predicted octanol–water partition coefficient (Wildman–Crippen LogP) is 3.18. The molecular formula is C12H11Br2N3O2S. The summed E-state index contributed by atoms with van der Waals surface area (Å²) in [5.41, 5.74) is 7.17. The second-order valence-electron chi connectivity index (χ2n) is 4.01. The summed E-state index contributed by atoms with van der Waals surface area (Å²) in [4.78, 5) is -0.101. The summed E-state index contributed by atoms with van der Waals surface area (Å²) in [5.74, 6) is 0. The molecule has 0 heterocycles. The Labute approximate surface area is 133 Å². The van der Waals surface area contributed by atoms with Gasteiger partial charge in [0.25, 0.3) is 0 Å². The van der Waals surface area contributed by atoms with Crippen LogP contribution in [0.3, 0.4) is 0 Å². The molecule has 0 aromatic heterocycles. The van der Waals surface area contributed by atoms with Crippen LogP contribution in [0.2, 0.25) is 0 Å². The van der Waals surface area contributed by atoms with E-state index in [9.17, 15) is 8.42 Å². The standard InChI is InChI=1S/C12H11Br2N3O2S/c13-7-4-5-9(8(14)6-7)17-10-2-1-3-11(12(10)15)20(16,18)19/h1-6,17H,15H2,(H2,16,18,19). The molecule has 0 fully saturated rings. The first kappa shape index (κ1) is 15.3. The minimum atomic E-state index is -3.85. The molecule has 2 aromatic rings. The molecule has 0 radical (unpaired) electrons. The van der Waals surface area contributed by atoms with Crippen LogP contribution in [0.4, 0.5) is 17.1 Å². The average Bonchev–Trinajstić information content (AvgIpc) is 2.33. The quantitative estimate of drug-likeness (QED) is 0.664. The van der Waals surface area contributed by atoms with Gasteiger partial charge in [-0.15, -0.1) is 0 Å². The molecule has 0 aliphatic carbocycles. The first-order valence-corrected chi connectivity index (χ1v) is 8.55. The molecule has 0 spiro atoms. The minimum absolute atomic E-state index is 0.0878. The SMILES string of the molecule is Nc1c(Nc2ccc(Br)cc2Br)cccc1S(N)(=O)=O. The van der Waals surface area contributed by atoms with Gasteiger partial charge in [0.05, 0.1) is 17.1 Å². The van der Waals surface area contributed by atoms with Crippen LogP contribution in [0.1, 0.15) is 0 Å². The van der Waals surface area contributed by atoms with E-state index in [4.69, 9.17) is 10.9 Å². The number of para-hydroxylation sites is 1. The van der Waals surface area contributed by atoms with Crippen molar-refractivity contribution >= 4 is 58.9 Å². The lowest BCUT2D eigenvalue weighted by molar-refractivity contribution is 0.598. The smallest absolute Gasteiger partial charge is 0.240 e. The molecule has 8 heteroatoms. The number of hydrogen-bond donors (Lipinski definition) is 3. The molecule has 0 aliphatic rings. The van der Waals surface area contributed by atoms with Crippen LogP contribution in [-0.4, -0.2) is 8.42 Å². The van der Waals surface area contributed by atoms with Crippen LogP contribution in [0.25, 0.3) is 0 Å². The number of benzene rings is 2. The molecule has 2 aromatic carbocycles. The molecule has 0 saturated carbocycles. The van der Waals surface area contributed by atoms with E-state index < -0.39 is 10.0 Å². The first-order valence-electron chi connectivity index (χ1n) is 5.42. The number of sulfonamides is 1. The third-order valence-corrected chi connectivity index (χ3v) is 4.69. The van der Waals surface area contributed by atoms with E-state index in [1.165, 1.54) is 6.07 Å². The summed E-state index contributed by atoms with van der Waals surface area (Å²) < 4.78 is 24.6. The van der Waals surface area contributed by atoms with Gasteiger partial charge in [0.15, 0.2) is 0 Å². The van der Waals surface area contributed by atoms with Crippen molar-refractivity contribution in [3.8, 4) is 0 Å². The number of primary sulfonamides is 1. The van der Waals surface area contributed by atoms with Gasteiger partial charge in [0.1, 0.15) is 4.90 Å². The van der Waals surface area contributed by atoms with E-state index in [1.54, 1.807) is 12.1 Å². The zero-order valence-corrected chi connectivity index (χ0v) is 14.1. The average molecular weight is 421 g/mol. The molecule has 0 aliphatic heterocycles. The lowest BCUT2D eigenvalue weighted by Crippen LogP contribution is -2.15. The summed E-state index contributed by atoms with van der Waals surface area (Å²) in [6.07, 6.45) is 0. The fourth-order valence-electron chi connectivity index (χ4n) is 1.64. The number of halogens is 2. The van der Waals surface area contributed by atoms with Crippen molar-refractivity contribution in [1.29, 1.82) is 0 Å². The normalized spacial score (nSPS) is 11.3. The Bertz CT molecular complexity index is 763. The zero-order chi connectivity index (χ0) is 14.9. The third kappa shape index (κ3) is 3.32. The largest absolute Gasteiger partial charge is 0.396 e. The minimum Gasteiger partial charge on any atom is -0.396 e. The van der Waals surface area contributed by atoms with E-state index >= 15 is 0 Å². The number of nitrogens with one attached hydrogen (secondary N) is 1. The predicted molar refractivity (Wildman–Crippen MR) is 87.4 cm³/mol. The van der Waals surface area contributed by atoms with Crippen molar-refractivity contribution in [3.63, 3.8) is 0 Å². The number of rotatable bonds is 3. The maximum atomic E-state index is 11.4. The number of nitrogens with two attached hydrogens (primary N) is 2. The van der Waals surface area contributed by atoms with Crippen LogP contribution >= 0.6 is 31.9 Å². The maximum Gasteiger partial charge on any atom is 0.240 e. The second-order valence-corrected chi connectivity index (χ2v) is 7.31. The number of nitrogen functional groups attached to an aromatic ring is 1. The molecular weight excluding hydrogens is 410 g/mol. The highest BCUT2D eigenvalue weighted by atomic mass is 79.9. The fraction of sp³-hybridized carbons (Fsp3) is 0. The molecule has 106 valence electrons. The molecule has 2 rings (SSSR count). The second kappa shape index (κ2) is 5.72. The molecule has 0 bridgehead atoms. The van der Waals surface area contributed by atoms with Gasteiger partial charge < -0.3 is 11.1 Å². The highest BCUT2D eigenvalue weighted by Crippen LogP contribution is 2.33. The van der Waals surface area contributed by atoms with Crippen molar-refractivity contribution in [3.05, 3.63) is 45.3 Å². The van der Waals surface area contributed by atoms with Gasteiger partial charge in [-0.25, -0.2) is 13.6 Å². The molecule has 20 heavy (non-hydrogen) atoms. The summed E-state index contributed by atoms with van der Waals surface area (Å²) in [6, 6.07) is 10.2. The molecule has 0 saturated heterocycles. The molecule has 0 amide bonds. The van der Waals surface area contributed by atoms with Crippen molar-refractivity contribution in [2.45, 2.75) is 4.90 Å². The zero-order valence-electron chi connectivity index (χ0n) is 10.1. The fourth-order valence-corrected chi connectivity index (χ4v) is 3.47. The Hall–Kier alpha value is -1.09. The van der Waals surface area contributed by atoms with Gasteiger partial charge in [-0.3, -0.25) is 0 Å². The van der Waals surface area contributed by atoms with Crippen LogP contribution in [-0.2, 0) is 10.0 Å². The highest BCUT2D eigenvalue weighted by molar-refractivity contribution is 9.11. The van der Waals surface area contributed by atoms with E-state index in [-0.39, 0.29) is 10.6 Å². The van der Waals surface area contributed by atoms with E-state index in [1.807, 2.05) is 18.2 Å². The van der Waals surface area contributed by atoms with Gasteiger partial charge in [-0.1, -0.05) is 22.0 Å². The molecule has 0 atom stereocenters. The van der Waals surface area contributed by atoms with Gasteiger partial charge >= 0.3 is 0 Å². The van der Waals surface area contributed by atoms with Crippen molar-refractivity contribution in [1.82, 2.24) is 0 Å². The van der Waals surface area contributed by atoms with Crippen molar-refractivity contribution in [2.75, 3.05) is 11.1 Å². The van der Waals surface area contributed by atoms with Crippen LogP contribution in [0.5, 0.6) is 0 Å². The number of hydrogen-bond acceptors (Lipinski definition) is 4. The summed E-state index contributed by atoms with van der Waals surface area (Å²) >= 11 is 6.77. The topological polar surface area (TPSA) is 98.2 Å². The maximum absolute atomic E-state index is 11.4. The van der Waals surface area contributed by atoms with Crippen LogP contribution in [0.15, 0.2) is 50.2 Å². The molecule has 5 nitrogen and oxygen atoms in total. The number of anilines is 3. The van der Waals surface area contributed by atoms with Crippen LogP contribution in [0, 0.1) is 0 Å². The van der Waals surface area contributed by atoms with Crippen molar-refractivity contribution < 1.29 is 8.42 Å². The highest BCUT2D eigenvalue weighted by Gasteiger charge is 2.15. The lowest BCUT2D eigenvalue weighted by atomic mass is 10.2. The van der Waals surface area contributed by atoms with E-state index in [0.717, 1.165) is 14.6 Å². The lowest BCUT2D eigenvalue weighted by Gasteiger charge is -2.13. The Balaban J connectivity index is 2.45. The monoisotopic (exact) mass is 419 g/mol. The van der Waals surface area contributed by atoms with Gasteiger partial charge in [0, 0.05) is 8.95 Å². The van der Waals surface area contributed by atoms with E-state index in [0.29, 0.717) is 5.69 Å².